The van der Waals surface area contributed by atoms with Crippen LogP contribution >= 0.6 is 0 Å². The Morgan fingerprint density at radius 1 is 1.00 bits per heavy atom. The number of nitrogens with zero attached hydrogens (tertiary/aromatic N) is 7. The molecule has 1 aromatic heterocycles. The van der Waals surface area contributed by atoms with E-state index in [0.717, 1.165) is 92.0 Å². The number of rotatable bonds is 11. The van der Waals surface area contributed by atoms with Crippen molar-refractivity contribution in [1.29, 1.82) is 0 Å². The van der Waals surface area contributed by atoms with E-state index in [1.165, 1.54) is 43.3 Å². The van der Waals surface area contributed by atoms with Gasteiger partial charge < -0.3 is 30.5 Å². The summed E-state index contributed by atoms with van der Waals surface area (Å²) in [7, 11) is 3.77. The fourth-order valence-corrected chi connectivity index (χ4v) is 9.71. The zero-order valence-corrected chi connectivity index (χ0v) is 38.6. The lowest BCUT2D eigenvalue weighted by Gasteiger charge is -2.33. The van der Waals surface area contributed by atoms with Crippen molar-refractivity contribution in [2.24, 2.45) is 16.6 Å². The third-order valence-corrected chi connectivity index (χ3v) is 13.0. The first kappa shape index (κ1) is 49.6. The molecule has 4 N–H and O–H groups in total. The van der Waals surface area contributed by atoms with Gasteiger partial charge >= 0.3 is 0 Å². The third kappa shape index (κ3) is 10.5. The number of fused-ring (bicyclic) bond motifs is 3. The fourth-order valence-electron chi connectivity index (χ4n) is 9.71. The molecule has 1 aliphatic carbocycles. The van der Waals surface area contributed by atoms with Crippen molar-refractivity contribution in [3.05, 3.63) is 75.4 Å². The molecule has 0 radical (unpaired) electrons. The summed E-state index contributed by atoms with van der Waals surface area (Å²) in [4.78, 5) is 68.4. The SMILES string of the molecule is CC=O.CCCC(C(=O)NC=O)N1C(=O)c2cc(F)c(N3CCNCC3)cc2C1=O.CN=C/C(=C\N)c1cc2c(cc1C(F)F)N(c1nn(C3CCC(C)CC3)c3c1CN(C)CC3)CCC2. The maximum absolute atomic E-state index is 14.6. The van der Waals surface area contributed by atoms with Crippen LogP contribution < -0.4 is 26.2 Å². The molecule has 356 valence electrons. The molecule has 1 unspecified atom stereocenters. The molecule has 5 heterocycles. The van der Waals surface area contributed by atoms with Gasteiger partial charge in [-0.3, -0.25) is 39.1 Å². The zero-order chi connectivity index (χ0) is 47.7. The first-order valence-electron chi connectivity index (χ1n) is 23.0. The van der Waals surface area contributed by atoms with Crippen LogP contribution in [0.5, 0.6) is 0 Å². The predicted octanol–water partition coefficient (Wildman–Crippen LogP) is 6.12. The van der Waals surface area contributed by atoms with E-state index >= 15 is 0 Å². The maximum atomic E-state index is 14.6. The van der Waals surface area contributed by atoms with Gasteiger partial charge in [-0.05, 0) is 100 Å². The number of halogens is 3. The molecule has 1 saturated carbocycles. The number of nitrogens with one attached hydrogen (secondary N) is 2. The molecule has 2 aromatic carbocycles. The number of piperazine rings is 1. The normalized spacial score (nSPS) is 20.2. The highest BCUT2D eigenvalue weighted by atomic mass is 19.3. The summed E-state index contributed by atoms with van der Waals surface area (Å²) in [5.41, 5.74) is 11.6. The van der Waals surface area contributed by atoms with E-state index in [2.05, 4.69) is 38.8 Å². The Hall–Kier alpha value is -5.88. The quantitative estimate of drug-likeness (QED) is 0.115. The van der Waals surface area contributed by atoms with Crippen LogP contribution in [-0.2, 0) is 33.8 Å². The highest BCUT2D eigenvalue weighted by Gasteiger charge is 2.43. The minimum absolute atomic E-state index is 0.0102. The third-order valence-electron chi connectivity index (χ3n) is 13.0. The van der Waals surface area contributed by atoms with Gasteiger partial charge in [-0.15, -0.1) is 0 Å². The molecule has 4 amide bonds. The van der Waals surface area contributed by atoms with E-state index in [9.17, 15) is 32.3 Å². The number of hydrogen-bond donors (Lipinski definition) is 3. The molecule has 1 atom stereocenters. The van der Waals surface area contributed by atoms with Crippen LogP contribution in [0.1, 0.15) is 127 Å². The van der Waals surface area contributed by atoms with Gasteiger partial charge in [-0.2, -0.15) is 5.10 Å². The molecular weight excluding hydrogens is 854 g/mol. The summed E-state index contributed by atoms with van der Waals surface area (Å²) < 4.78 is 45.5. The number of imide groups is 2. The van der Waals surface area contributed by atoms with Gasteiger partial charge in [-0.1, -0.05) is 20.3 Å². The van der Waals surface area contributed by atoms with E-state index in [4.69, 9.17) is 15.6 Å². The Labute approximate surface area is 384 Å². The molecule has 18 heteroatoms. The van der Waals surface area contributed by atoms with Crippen molar-refractivity contribution in [2.75, 3.05) is 63.2 Å². The van der Waals surface area contributed by atoms with E-state index < -0.39 is 36.0 Å². The largest absolute Gasteiger partial charge is 0.404 e. The summed E-state index contributed by atoms with van der Waals surface area (Å²) in [6, 6.07) is 5.33. The van der Waals surface area contributed by atoms with Crippen molar-refractivity contribution in [3.8, 4) is 0 Å². The van der Waals surface area contributed by atoms with Crippen molar-refractivity contribution >= 4 is 59.4 Å². The summed E-state index contributed by atoms with van der Waals surface area (Å²) >= 11 is 0. The predicted molar refractivity (Wildman–Crippen MR) is 249 cm³/mol. The number of aryl methyl sites for hydroxylation is 1. The molecule has 1 saturated heterocycles. The molecule has 4 aliphatic heterocycles. The molecule has 0 spiro atoms. The second-order valence-electron chi connectivity index (χ2n) is 17.5. The number of carbonyl (C=O) groups excluding carboxylic acids is 5. The van der Waals surface area contributed by atoms with E-state index in [1.807, 2.05) is 16.3 Å². The number of aromatic nitrogens is 2. The van der Waals surface area contributed by atoms with Crippen LogP contribution in [0.3, 0.4) is 0 Å². The summed E-state index contributed by atoms with van der Waals surface area (Å²) in [5.74, 6) is -0.952. The molecule has 3 aromatic rings. The Bertz CT molecular complexity index is 2320. The van der Waals surface area contributed by atoms with E-state index in [-0.39, 0.29) is 35.2 Å². The Morgan fingerprint density at radius 3 is 2.30 bits per heavy atom. The standard InChI is InChI=1S/C28H38F2N6.C18H21FN4O4.C2H4O/c1-18-6-8-21(9-7-18)36-25-10-12-34(3)17-24(25)28(33-36)35-11-4-5-19-13-22(20(15-31)16-32-2)23(27(29)30)14-26(19)35;1-2-3-14(16(25)21-10-24)23-17(26)11-8-13(19)15(9-12(11)18(23)27)22-6-4-20-5-7-22;1-2-3/h13-16,18,21,27H,4-12,17,31H2,1-3H3;8-10,14,20H,2-7H2,1H3,(H,21,24,25);2H,1H3/b20-15+,32-16?;;. The van der Waals surface area contributed by atoms with Crippen molar-refractivity contribution in [1.82, 2.24) is 30.2 Å². The summed E-state index contributed by atoms with van der Waals surface area (Å²) in [6.45, 7) is 10.8. The lowest BCUT2D eigenvalue weighted by molar-refractivity contribution is -0.128. The number of alkyl halides is 2. The molecule has 2 fully saturated rings. The number of hydrogen-bond acceptors (Lipinski definition) is 12. The van der Waals surface area contributed by atoms with E-state index in [1.54, 1.807) is 26.3 Å². The lowest BCUT2D eigenvalue weighted by atomic mass is 9.87. The number of carbonyl (C=O) groups is 5. The molecular formula is C48H63F3N10O5. The molecule has 66 heavy (non-hydrogen) atoms. The monoisotopic (exact) mass is 916 g/mol. The number of anilines is 3. The fraction of sp³-hybridized carbons (Fsp3) is 0.521. The van der Waals surface area contributed by atoms with Gasteiger partial charge in [-0.25, -0.2) is 13.2 Å². The number of nitrogens with two attached hydrogens (primary N) is 1. The van der Waals surface area contributed by atoms with Crippen molar-refractivity contribution in [3.63, 3.8) is 0 Å². The first-order valence-corrected chi connectivity index (χ1v) is 23.0. The molecule has 8 rings (SSSR count). The number of aldehydes is 1. The number of benzene rings is 2. The average molecular weight is 917 g/mol. The smallest absolute Gasteiger partial charge is 0.264 e. The van der Waals surface area contributed by atoms with Gasteiger partial charge in [0.1, 0.15) is 18.1 Å². The minimum atomic E-state index is -2.61. The van der Waals surface area contributed by atoms with Gasteiger partial charge in [0, 0.05) is 99.8 Å². The Morgan fingerprint density at radius 2 is 1.68 bits per heavy atom. The highest BCUT2D eigenvalue weighted by Crippen LogP contribution is 2.43. The van der Waals surface area contributed by atoms with Gasteiger partial charge in [0.2, 0.25) is 12.3 Å². The summed E-state index contributed by atoms with van der Waals surface area (Å²) in [5, 5.41) is 10.4. The first-order chi connectivity index (χ1) is 31.8. The summed E-state index contributed by atoms with van der Waals surface area (Å²) in [6.07, 6.45) is 9.54. The van der Waals surface area contributed by atoms with Gasteiger partial charge in [0.25, 0.3) is 18.2 Å². The minimum Gasteiger partial charge on any atom is -0.404 e. The van der Waals surface area contributed by atoms with Crippen LogP contribution in [0.4, 0.5) is 30.4 Å². The number of allylic oxidation sites excluding steroid dienone is 1. The van der Waals surface area contributed by atoms with Crippen molar-refractivity contribution in [2.45, 2.75) is 104 Å². The average Bonchev–Trinajstić information content (AvgIpc) is 3.79. The van der Waals surface area contributed by atoms with Crippen LogP contribution in [0.15, 0.2) is 35.5 Å². The molecule has 5 aliphatic rings. The molecule has 15 nitrogen and oxygen atoms in total. The Balaban J connectivity index is 0.000000214. The maximum Gasteiger partial charge on any atom is 0.264 e. The number of amides is 4. The molecule has 0 bridgehead atoms. The zero-order valence-electron chi connectivity index (χ0n) is 38.6. The van der Waals surface area contributed by atoms with Crippen LogP contribution in [0.25, 0.3) is 5.57 Å². The topological polar surface area (TPSA) is 179 Å². The van der Waals surface area contributed by atoms with Crippen LogP contribution in [0, 0.1) is 11.7 Å². The second kappa shape index (κ2) is 22.5. The second-order valence-corrected chi connectivity index (χ2v) is 17.5. The van der Waals surface area contributed by atoms with E-state index in [0.29, 0.717) is 49.8 Å². The van der Waals surface area contributed by atoms with Crippen LogP contribution in [-0.4, -0.2) is 116 Å². The number of likely N-dealkylation sites (N-methyl/N-ethyl adjacent to an activating group) is 1. The Kier molecular flexibility index (Phi) is 16.9. The van der Waals surface area contributed by atoms with Crippen LogP contribution in [0.2, 0.25) is 0 Å². The lowest BCUT2D eigenvalue weighted by Crippen LogP contribution is -2.49. The van der Waals surface area contributed by atoms with Gasteiger partial charge in [0.15, 0.2) is 5.82 Å². The van der Waals surface area contributed by atoms with Crippen molar-refractivity contribution < 1.29 is 37.1 Å². The highest BCUT2D eigenvalue weighted by molar-refractivity contribution is 6.23. The van der Waals surface area contributed by atoms with Gasteiger partial charge in [0.05, 0.1) is 22.9 Å². The number of aliphatic imine (C=N–C) groups is 1.